The number of carbonyl (C=O) groups excluding carboxylic acids is 1. The van der Waals surface area contributed by atoms with Gasteiger partial charge in [-0.15, -0.1) is 0 Å². The number of aryl methyl sites for hydroxylation is 2. The molecule has 1 aliphatic heterocycles. The highest BCUT2D eigenvalue weighted by Crippen LogP contribution is 2.21. The molecule has 1 N–H and O–H groups in total. The number of nitrogens with zero attached hydrogens (tertiary/aromatic N) is 3. The largest absolute Gasteiger partial charge is 0.394 e. The van der Waals surface area contributed by atoms with Crippen LogP contribution in [0, 0.1) is 0 Å². The third kappa shape index (κ3) is 2.76. The van der Waals surface area contributed by atoms with Crippen LogP contribution in [0.1, 0.15) is 12.8 Å². The van der Waals surface area contributed by atoms with E-state index in [4.69, 9.17) is 0 Å². The van der Waals surface area contributed by atoms with Crippen molar-refractivity contribution in [3.05, 3.63) is 34.7 Å². The van der Waals surface area contributed by atoms with Gasteiger partial charge in [0, 0.05) is 26.4 Å². The predicted octanol–water partition coefficient (Wildman–Crippen LogP) is 0.661. The number of fused-ring (bicyclic) bond motifs is 1. The number of aromatic nitrogens is 2. The zero-order chi connectivity index (χ0) is 16.6. The van der Waals surface area contributed by atoms with E-state index in [1.165, 1.54) is 4.90 Å². The smallest absolute Gasteiger partial charge is 0.328 e. The molecule has 124 valence electrons. The third-order valence-electron chi connectivity index (χ3n) is 4.50. The number of hydrogen-bond acceptors (Lipinski definition) is 3. The van der Waals surface area contributed by atoms with E-state index in [1.807, 2.05) is 24.3 Å². The van der Waals surface area contributed by atoms with Crippen molar-refractivity contribution >= 4 is 16.9 Å². The molecule has 6 nitrogen and oxygen atoms in total. The molecule has 2 heterocycles. The molecule has 1 saturated heterocycles. The van der Waals surface area contributed by atoms with Crippen LogP contribution in [0.2, 0.25) is 0 Å². The van der Waals surface area contributed by atoms with Crippen molar-refractivity contribution in [2.24, 2.45) is 7.05 Å². The molecule has 23 heavy (non-hydrogen) atoms. The fourth-order valence-electron chi connectivity index (χ4n) is 3.27. The Labute approximate surface area is 132 Å². The number of halogens is 1. The van der Waals surface area contributed by atoms with Crippen molar-refractivity contribution in [2.45, 2.75) is 31.6 Å². The summed E-state index contributed by atoms with van der Waals surface area (Å²) in [7, 11) is 1.69. The Kier molecular flexibility index (Phi) is 4.21. The van der Waals surface area contributed by atoms with E-state index in [0.29, 0.717) is 0 Å². The van der Waals surface area contributed by atoms with Gasteiger partial charge < -0.3 is 10.0 Å². The second kappa shape index (κ2) is 6.16. The van der Waals surface area contributed by atoms with Gasteiger partial charge in [0.1, 0.15) is 6.17 Å². The van der Waals surface area contributed by atoms with Crippen molar-refractivity contribution in [1.29, 1.82) is 0 Å². The number of para-hydroxylation sites is 2. The molecule has 0 unspecified atom stereocenters. The summed E-state index contributed by atoms with van der Waals surface area (Å²) in [5.41, 5.74) is 1.40. The molecule has 1 fully saturated rings. The van der Waals surface area contributed by atoms with E-state index in [0.717, 1.165) is 11.0 Å². The number of likely N-dealkylation sites (tertiary alicyclic amines) is 1. The van der Waals surface area contributed by atoms with Crippen LogP contribution >= 0.6 is 0 Å². The molecule has 0 bridgehead atoms. The second-order valence-corrected chi connectivity index (χ2v) is 5.95. The number of carbonyl (C=O) groups is 1. The zero-order valence-corrected chi connectivity index (χ0v) is 13.0. The molecule has 3 rings (SSSR count). The summed E-state index contributed by atoms with van der Waals surface area (Å²) in [4.78, 5) is 26.0. The van der Waals surface area contributed by atoms with E-state index >= 15 is 0 Å². The summed E-state index contributed by atoms with van der Waals surface area (Å²) in [6, 6.07) is 6.93. The normalized spacial score (nSPS) is 21.3. The maximum atomic E-state index is 13.4. The number of alkyl halides is 1. The number of aliphatic hydroxyl groups is 1. The Bertz CT molecular complexity index is 782. The highest BCUT2D eigenvalue weighted by molar-refractivity contribution is 5.78. The molecule has 1 amide bonds. The minimum atomic E-state index is -1.09. The predicted molar refractivity (Wildman–Crippen MR) is 83.9 cm³/mol. The average Bonchev–Trinajstić information content (AvgIpc) is 3.05. The lowest BCUT2D eigenvalue weighted by Gasteiger charge is -2.22. The maximum Gasteiger partial charge on any atom is 0.328 e. The Morgan fingerprint density at radius 3 is 2.74 bits per heavy atom. The molecule has 1 aliphatic rings. The molecule has 0 aliphatic carbocycles. The molecule has 0 radical (unpaired) electrons. The molecular weight excluding hydrogens is 301 g/mol. The first-order valence-electron chi connectivity index (χ1n) is 7.71. The molecule has 1 aromatic heterocycles. The van der Waals surface area contributed by atoms with Crippen LogP contribution < -0.4 is 5.69 Å². The van der Waals surface area contributed by atoms with Crippen LogP contribution in [0.15, 0.2) is 29.1 Å². The van der Waals surface area contributed by atoms with Gasteiger partial charge in [0.05, 0.1) is 30.2 Å². The number of amides is 1. The summed E-state index contributed by atoms with van der Waals surface area (Å²) in [6.45, 7) is 0.0273. The molecule has 2 atom stereocenters. The van der Waals surface area contributed by atoms with Gasteiger partial charge in [0.2, 0.25) is 5.91 Å². The van der Waals surface area contributed by atoms with Gasteiger partial charge >= 0.3 is 5.69 Å². The van der Waals surface area contributed by atoms with Gasteiger partial charge in [-0.1, -0.05) is 12.1 Å². The summed E-state index contributed by atoms with van der Waals surface area (Å²) in [5.74, 6) is -0.232. The molecule has 1 aromatic carbocycles. The lowest BCUT2D eigenvalue weighted by atomic mass is 10.2. The van der Waals surface area contributed by atoms with E-state index in [9.17, 15) is 19.1 Å². The number of imidazole rings is 1. The second-order valence-electron chi connectivity index (χ2n) is 5.95. The van der Waals surface area contributed by atoms with Crippen LogP contribution in [-0.4, -0.2) is 50.4 Å². The van der Waals surface area contributed by atoms with Crippen molar-refractivity contribution in [2.75, 3.05) is 13.2 Å². The molecule has 2 aromatic rings. The Morgan fingerprint density at radius 2 is 2.04 bits per heavy atom. The first kappa shape index (κ1) is 15.7. The van der Waals surface area contributed by atoms with Crippen LogP contribution in [-0.2, 0) is 18.4 Å². The third-order valence-corrected chi connectivity index (χ3v) is 4.50. The number of hydrogen-bond donors (Lipinski definition) is 1. The van der Waals surface area contributed by atoms with Crippen LogP contribution in [0.25, 0.3) is 11.0 Å². The zero-order valence-electron chi connectivity index (χ0n) is 13.0. The quantitative estimate of drug-likeness (QED) is 0.900. The number of rotatable bonds is 4. The Morgan fingerprint density at radius 1 is 1.35 bits per heavy atom. The number of aliphatic hydroxyl groups excluding tert-OH is 1. The minimum Gasteiger partial charge on any atom is -0.394 e. The van der Waals surface area contributed by atoms with E-state index in [1.54, 1.807) is 16.2 Å². The molecular formula is C16H20FN3O3. The van der Waals surface area contributed by atoms with E-state index in [-0.39, 0.29) is 44.1 Å². The lowest BCUT2D eigenvalue weighted by molar-refractivity contribution is -0.133. The molecule has 0 spiro atoms. The van der Waals surface area contributed by atoms with Crippen molar-refractivity contribution in [3.8, 4) is 0 Å². The fraction of sp³-hybridized carbons (Fsp3) is 0.500. The fourth-order valence-corrected chi connectivity index (χ4v) is 3.27. The Balaban J connectivity index is 1.78. The SMILES string of the molecule is Cn1c(=O)n(CCC(=O)N2C[C@@H](F)C[C@H]2CO)c2ccccc21. The molecule has 7 heteroatoms. The first-order chi connectivity index (χ1) is 11.0. The summed E-state index contributed by atoms with van der Waals surface area (Å²) in [6.07, 6.45) is -0.801. The van der Waals surface area contributed by atoms with Gasteiger partial charge in [0.15, 0.2) is 0 Å². The van der Waals surface area contributed by atoms with Gasteiger partial charge in [-0.3, -0.25) is 13.9 Å². The van der Waals surface area contributed by atoms with Crippen molar-refractivity contribution in [3.63, 3.8) is 0 Å². The maximum absolute atomic E-state index is 13.4. The van der Waals surface area contributed by atoms with Crippen LogP contribution in [0.3, 0.4) is 0 Å². The van der Waals surface area contributed by atoms with Crippen LogP contribution in [0.5, 0.6) is 0 Å². The summed E-state index contributed by atoms with van der Waals surface area (Å²) >= 11 is 0. The molecule has 0 saturated carbocycles. The van der Waals surface area contributed by atoms with E-state index in [2.05, 4.69) is 0 Å². The van der Waals surface area contributed by atoms with Gasteiger partial charge in [-0.2, -0.15) is 0 Å². The highest BCUT2D eigenvalue weighted by atomic mass is 19.1. The van der Waals surface area contributed by atoms with Crippen molar-refractivity contribution < 1.29 is 14.3 Å². The summed E-state index contributed by atoms with van der Waals surface area (Å²) < 4.78 is 16.6. The lowest BCUT2D eigenvalue weighted by Crippen LogP contribution is -2.38. The topological polar surface area (TPSA) is 67.5 Å². The average molecular weight is 321 g/mol. The first-order valence-corrected chi connectivity index (χ1v) is 7.71. The summed E-state index contributed by atoms with van der Waals surface area (Å²) in [5, 5.41) is 9.26. The van der Waals surface area contributed by atoms with Gasteiger partial charge in [0.25, 0.3) is 0 Å². The van der Waals surface area contributed by atoms with Crippen LogP contribution in [0.4, 0.5) is 4.39 Å². The van der Waals surface area contributed by atoms with Gasteiger partial charge in [-0.25, -0.2) is 9.18 Å². The van der Waals surface area contributed by atoms with Gasteiger partial charge in [-0.05, 0) is 12.1 Å². The van der Waals surface area contributed by atoms with Crippen molar-refractivity contribution in [1.82, 2.24) is 14.0 Å². The monoisotopic (exact) mass is 321 g/mol. The highest BCUT2D eigenvalue weighted by Gasteiger charge is 2.34. The number of benzene rings is 1. The Hall–Kier alpha value is -2.15. The minimum absolute atomic E-state index is 0.0223. The van der Waals surface area contributed by atoms with E-state index < -0.39 is 12.2 Å². The standard InChI is InChI=1S/C16H20FN3O3/c1-18-13-4-2-3-5-14(13)19(16(18)23)7-6-15(22)20-9-11(17)8-12(20)10-21/h2-5,11-12,21H,6-10H2,1H3/t11-,12-/m0/s1.